The fourth-order valence-corrected chi connectivity index (χ4v) is 2.83. The van der Waals surface area contributed by atoms with Gasteiger partial charge in [-0.2, -0.15) is 10.2 Å². The van der Waals surface area contributed by atoms with Crippen LogP contribution in [0.3, 0.4) is 0 Å². The van der Waals surface area contributed by atoms with Gasteiger partial charge in [-0.25, -0.2) is 4.68 Å². The molecule has 25 heavy (non-hydrogen) atoms. The molecular formula is C16H15BrClN5O2. The van der Waals surface area contributed by atoms with Crippen molar-refractivity contribution >= 4 is 39.3 Å². The van der Waals surface area contributed by atoms with Crippen molar-refractivity contribution in [1.29, 1.82) is 0 Å². The zero-order valence-corrected chi connectivity index (χ0v) is 15.7. The number of ether oxygens (including phenoxy) is 1. The van der Waals surface area contributed by atoms with Crippen LogP contribution in [0.25, 0.3) is 0 Å². The minimum Gasteiger partial charge on any atom is -0.362 e. The number of anilines is 1. The molecule has 0 spiro atoms. The van der Waals surface area contributed by atoms with Crippen LogP contribution in [0.2, 0.25) is 5.02 Å². The summed E-state index contributed by atoms with van der Waals surface area (Å²) in [7, 11) is 1.56. The molecule has 0 radical (unpaired) electrons. The molecule has 1 aromatic carbocycles. The third-order valence-electron chi connectivity index (χ3n) is 3.37. The van der Waals surface area contributed by atoms with Gasteiger partial charge in [0.1, 0.15) is 6.73 Å². The molecule has 2 aromatic heterocycles. The molecule has 1 amide bonds. The van der Waals surface area contributed by atoms with E-state index in [1.807, 2.05) is 24.3 Å². The minimum absolute atomic E-state index is 0.281. The van der Waals surface area contributed by atoms with Gasteiger partial charge in [0, 0.05) is 24.5 Å². The maximum atomic E-state index is 12.3. The molecule has 0 aliphatic rings. The molecule has 130 valence electrons. The van der Waals surface area contributed by atoms with Crippen molar-refractivity contribution in [1.82, 2.24) is 19.6 Å². The zero-order chi connectivity index (χ0) is 17.8. The number of hydrogen-bond donors (Lipinski definition) is 1. The Bertz CT molecular complexity index is 892. The Kier molecular flexibility index (Phi) is 5.52. The van der Waals surface area contributed by atoms with Gasteiger partial charge in [-0.05, 0) is 33.6 Å². The van der Waals surface area contributed by atoms with Gasteiger partial charge < -0.3 is 10.1 Å². The Morgan fingerprint density at radius 2 is 2.08 bits per heavy atom. The molecule has 3 aromatic rings. The van der Waals surface area contributed by atoms with Crippen LogP contribution in [-0.2, 0) is 18.0 Å². The second-order valence-corrected chi connectivity index (χ2v) is 6.49. The second-order valence-electron chi connectivity index (χ2n) is 5.23. The number of amides is 1. The largest absolute Gasteiger partial charge is 0.362 e. The Morgan fingerprint density at radius 1 is 1.28 bits per heavy atom. The third kappa shape index (κ3) is 4.28. The van der Waals surface area contributed by atoms with E-state index >= 15 is 0 Å². The van der Waals surface area contributed by atoms with Crippen LogP contribution in [0.5, 0.6) is 0 Å². The number of nitrogens with zero attached hydrogens (tertiary/aromatic N) is 4. The van der Waals surface area contributed by atoms with Crippen LogP contribution < -0.4 is 5.32 Å². The lowest BCUT2D eigenvalue weighted by Crippen LogP contribution is -2.14. The van der Waals surface area contributed by atoms with E-state index < -0.39 is 0 Å². The summed E-state index contributed by atoms with van der Waals surface area (Å²) < 4.78 is 8.86. The summed E-state index contributed by atoms with van der Waals surface area (Å²) in [5.74, 6) is 0.0666. The number of aromatic nitrogens is 4. The highest BCUT2D eigenvalue weighted by atomic mass is 79.9. The fourth-order valence-electron chi connectivity index (χ4n) is 2.22. The molecule has 0 unspecified atom stereocenters. The average Bonchev–Trinajstić information content (AvgIpc) is 3.17. The van der Waals surface area contributed by atoms with E-state index in [1.54, 1.807) is 30.3 Å². The predicted molar refractivity (Wildman–Crippen MR) is 97.7 cm³/mol. The average molecular weight is 425 g/mol. The Balaban J connectivity index is 1.71. The van der Waals surface area contributed by atoms with Crippen molar-refractivity contribution in [3.05, 3.63) is 63.5 Å². The molecule has 7 nitrogen and oxygen atoms in total. The highest BCUT2D eigenvalue weighted by Gasteiger charge is 2.15. The maximum absolute atomic E-state index is 12.3. The van der Waals surface area contributed by atoms with E-state index in [1.165, 1.54) is 4.68 Å². The number of methoxy groups -OCH3 is 1. The van der Waals surface area contributed by atoms with Gasteiger partial charge >= 0.3 is 0 Å². The van der Waals surface area contributed by atoms with E-state index in [9.17, 15) is 4.79 Å². The first-order valence-corrected chi connectivity index (χ1v) is 8.54. The Labute approximate surface area is 157 Å². The lowest BCUT2D eigenvalue weighted by Gasteiger charge is -2.04. The molecule has 2 heterocycles. The van der Waals surface area contributed by atoms with Crippen LogP contribution in [-0.4, -0.2) is 32.6 Å². The molecule has 3 rings (SSSR count). The number of benzene rings is 1. The minimum atomic E-state index is -0.349. The van der Waals surface area contributed by atoms with Crippen LogP contribution >= 0.6 is 27.5 Å². The number of hydrogen-bond acceptors (Lipinski definition) is 4. The summed E-state index contributed by atoms with van der Waals surface area (Å²) in [6, 6.07) is 9.16. The normalized spacial score (nSPS) is 10.8. The van der Waals surface area contributed by atoms with Gasteiger partial charge in [-0.3, -0.25) is 9.48 Å². The van der Waals surface area contributed by atoms with Gasteiger partial charge in [0.15, 0.2) is 11.5 Å². The molecule has 0 saturated carbocycles. The molecule has 1 N–H and O–H groups in total. The van der Waals surface area contributed by atoms with Crippen LogP contribution in [0, 0.1) is 0 Å². The van der Waals surface area contributed by atoms with Gasteiger partial charge in [0.25, 0.3) is 5.91 Å². The number of carbonyl (C=O) groups excluding carboxylic acids is 1. The highest BCUT2D eigenvalue weighted by molar-refractivity contribution is 9.10. The van der Waals surface area contributed by atoms with Crippen molar-refractivity contribution < 1.29 is 9.53 Å². The molecule has 0 saturated heterocycles. The maximum Gasteiger partial charge on any atom is 0.277 e. The molecule has 0 aliphatic carbocycles. The van der Waals surface area contributed by atoms with E-state index in [0.717, 1.165) is 5.56 Å². The molecule has 9 heteroatoms. The zero-order valence-electron chi connectivity index (χ0n) is 13.3. The summed E-state index contributed by atoms with van der Waals surface area (Å²) in [6.07, 6.45) is 3.45. The summed E-state index contributed by atoms with van der Waals surface area (Å²) in [5.41, 5.74) is 1.22. The van der Waals surface area contributed by atoms with Gasteiger partial charge in [0.2, 0.25) is 0 Å². The van der Waals surface area contributed by atoms with E-state index in [2.05, 4.69) is 31.4 Å². The lowest BCUT2D eigenvalue weighted by molar-refractivity contribution is 0.101. The van der Waals surface area contributed by atoms with Crippen molar-refractivity contribution in [2.24, 2.45) is 0 Å². The Morgan fingerprint density at radius 3 is 2.84 bits per heavy atom. The van der Waals surface area contributed by atoms with E-state index in [4.69, 9.17) is 16.3 Å². The third-order valence-corrected chi connectivity index (χ3v) is 4.32. The highest BCUT2D eigenvalue weighted by Crippen LogP contribution is 2.23. The number of nitrogens with one attached hydrogen (secondary N) is 1. The number of carbonyl (C=O) groups is 1. The van der Waals surface area contributed by atoms with E-state index in [0.29, 0.717) is 21.9 Å². The molecule has 0 atom stereocenters. The SMILES string of the molecule is COCn1ccc(C(=O)Nc2nn(Cc3ccccc3Cl)cc2Br)n1. The van der Waals surface area contributed by atoms with Crippen molar-refractivity contribution in [3.8, 4) is 0 Å². The quantitative estimate of drug-likeness (QED) is 0.658. The monoisotopic (exact) mass is 423 g/mol. The first-order chi connectivity index (χ1) is 12.1. The van der Waals surface area contributed by atoms with Crippen LogP contribution in [0.1, 0.15) is 16.1 Å². The lowest BCUT2D eigenvalue weighted by atomic mass is 10.2. The van der Waals surface area contributed by atoms with Gasteiger partial charge in [0.05, 0.1) is 11.0 Å². The van der Waals surface area contributed by atoms with Crippen molar-refractivity contribution in [2.45, 2.75) is 13.3 Å². The number of halogens is 2. The van der Waals surface area contributed by atoms with Crippen LogP contribution in [0.4, 0.5) is 5.82 Å². The molecule has 0 bridgehead atoms. The summed E-state index contributed by atoms with van der Waals surface area (Å²) in [6.45, 7) is 0.778. The first-order valence-electron chi connectivity index (χ1n) is 7.37. The smallest absolute Gasteiger partial charge is 0.277 e. The topological polar surface area (TPSA) is 74.0 Å². The standard InChI is InChI=1S/C16H15BrClN5O2/c1-25-10-22-7-6-14(20-22)16(24)19-15-12(17)9-23(21-15)8-11-4-2-3-5-13(11)18/h2-7,9H,8,10H2,1H3,(H,19,21,24). The summed E-state index contributed by atoms with van der Waals surface area (Å²) >= 11 is 9.57. The summed E-state index contributed by atoms with van der Waals surface area (Å²) in [4.78, 5) is 12.3. The number of rotatable bonds is 6. The first kappa shape index (κ1) is 17.7. The van der Waals surface area contributed by atoms with E-state index in [-0.39, 0.29) is 18.3 Å². The van der Waals surface area contributed by atoms with Crippen molar-refractivity contribution in [3.63, 3.8) is 0 Å². The summed E-state index contributed by atoms with van der Waals surface area (Å²) in [5, 5.41) is 11.9. The molecular weight excluding hydrogens is 410 g/mol. The fraction of sp³-hybridized carbons (Fsp3) is 0.188. The molecule has 0 aliphatic heterocycles. The van der Waals surface area contributed by atoms with Crippen molar-refractivity contribution in [2.75, 3.05) is 12.4 Å². The Hall–Kier alpha value is -2.16. The van der Waals surface area contributed by atoms with Gasteiger partial charge in [-0.15, -0.1) is 0 Å². The molecule has 0 fully saturated rings. The van der Waals surface area contributed by atoms with Crippen LogP contribution in [0.15, 0.2) is 47.2 Å². The second kappa shape index (κ2) is 7.81. The predicted octanol–water partition coefficient (Wildman–Crippen LogP) is 3.40. The van der Waals surface area contributed by atoms with Gasteiger partial charge in [-0.1, -0.05) is 29.8 Å².